The third kappa shape index (κ3) is 4.06. The molecule has 20 heavy (non-hydrogen) atoms. The summed E-state index contributed by atoms with van der Waals surface area (Å²) in [5.41, 5.74) is 1.94. The second kappa shape index (κ2) is 7.42. The maximum atomic E-state index is 8.92. The third-order valence-electron chi connectivity index (χ3n) is 4.47. The molecule has 1 aliphatic rings. The van der Waals surface area contributed by atoms with Gasteiger partial charge in [0.25, 0.3) is 0 Å². The average Bonchev–Trinajstić information content (AvgIpc) is 2.53. The molecule has 0 radical (unpaired) electrons. The van der Waals surface area contributed by atoms with Gasteiger partial charge in [-0.2, -0.15) is 5.26 Å². The van der Waals surface area contributed by atoms with E-state index in [1.165, 1.54) is 38.0 Å². The molecule has 1 unspecified atom stereocenters. The van der Waals surface area contributed by atoms with E-state index >= 15 is 0 Å². The highest BCUT2D eigenvalue weighted by Gasteiger charge is 2.22. The third-order valence-corrected chi connectivity index (χ3v) is 4.47. The van der Waals surface area contributed by atoms with Crippen molar-refractivity contribution in [1.82, 2.24) is 10.2 Å². The summed E-state index contributed by atoms with van der Waals surface area (Å²) in [5.74, 6) is 0.775. The highest BCUT2D eigenvalue weighted by molar-refractivity contribution is 5.32. The Bertz CT molecular complexity index is 456. The molecule has 1 heterocycles. The number of nitrogens with one attached hydrogen (secondary N) is 1. The van der Waals surface area contributed by atoms with Crippen molar-refractivity contribution in [2.45, 2.75) is 39.3 Å². The van der Waals surface area contributed by atoms with E-state index in [1.807, 2.05) is 18.2 Å². The molecule has 1 aromatic rings. The Morgan fingerprint density at radius 1 is 1.40 bits per heavy atom. The standard InChI is InChI=1S/C17H25N3/c1-3-20-9-7-17(8-10-20)14(2)19-13-16-6-4-5-15(11-16)12-18/h4-6,11,14,17,19H,3,7-10,13H2,1-2H3. The van der Waals surface area contributed by atoms with Crippen LogP contribution in [0.15, 0.2) is 24.3 Å². The van der Waals surface area contributed by atoms with Crippen LogP contribution in [0.2, 0.25) is 0 Å². The van der Waals surface area contributed by atoms with Gasteiger partial charge >= 0.3 is 0 Å². The molecule has 1 aromatic carbocycles. The van der Waals surface area contributed by atoms with Gasteiger partial charge in [0.2, 0.25) is 0 Å². The summed E-state index contributed by atoms with van der Waals surface area (Å²) in [4.78, 5) is 2.53. The molecule has 0 saturated carbocycles. The SMILES string of the molecule is CCN1CCC(C(C)NCc2cccc(C#N)c2)CC1. The number of piperidine rings is 1. The number of hydrogen-bond donors (Lipinski definition) is 1. The van der Waals surface area contributed by atoms with Crippen molar-refractivity contribution in [1.29, 1.82) is 5.26 Å². The Balaban J connectivity index is 1.80. The summed E-state index contributed by atoms with van der Waals surface area (Å²) >= 11 is 0. The lowest BCUT2D eigenvalue weighted by Crippen LogP contribution is -2.41. The van der Waals surface area contributed by atoms with Crippen molar-refractivity contribution in [3.63, 3.8) is 0 Å². The highest BCUT2D eigenvalue weighted by Crippen LogP contribution is 2.20. The Morgan fingerprint density at radius 2 is 2.15 bits per heavy atom. The molecule has 0 amide bonds. The number of nitriles is 1. The smallest absolute Gasteiger partial charge is 0.0991 e. The van der Waals surface area contributed by atoms with Crippen LogP contribution < -0.4 is 5.32 Å². The summed E-state index contributed by atoms with van der Waals surface area (Å²) in [6, 6.07) is 10.6. The van der Waals surface area contributed by atoms with Crippen LogP contribution in [0.5, 0.6) is 0 Å². The minimum atomic E-state index is 0.541. The zero-order valence-corrected chi connectivity index (χ0v) is 12.6. The second-order valence-corrected chi connectivity index (χ2v) is 5.75. The first kappa shape index (κ1) is 15.0. The number of likely N-dealkylation sites (tertiary alicyclic amines) is 1. The van der Waals surface area contributed by atoms with E-state index in [0.29, 0.717) is 6.04 Å². The van der Waals surface area contributed by atoms with Crippen molar-refractivity contribution < 1.29 is 0 Å². The largest absolute Gasteiger partial charge is 0.310 e. The summed E-state index contributed by atoms with van der Waals surface area (Å²) in [6.45, 7) is 9.03. The summed E-state index contributed by atoms with van der Waals surface area (Å²) in [6.07, 6.45) is 2.58. The number of benzene rings is 1. The second-order valence-electron chi connectivity index (χ2n) is 5.75. The average molecular weight is 271 g/mol. The molecule has 0 aromatic heterocycles. The number of rotatable bonds is 5. The molecule has 1 saturated heterocycles. The van der Waals surface area contributed by atoms with Crippen molar-refractivity contribution >= 4 is 0 Å². The fraction of sp³-hybridized carbons (Fsp3) is 0.588. The van der Waals surface area contributed by atoms with Gasteiger partial charge in [0.15, 0.2) is 0 Å². The van der Waals surface area contributed by atoms with E-state index in [-0.39, 0.29) is 0 Å². The van der Waals surface area contributed by atoms with E-state index < -0.39 is 0 Å². The minimum Gasteiger partial charge on any atom is -0.310 e. The lowest BCUT2D eigenvalue weighted by Gasteiger charge is -2.34. The van der Waals surface area contributed by atoms with Crippen molar-refractivity contribution in [3.8, 4) is 6.07 Å². The van der Waals surface area contributed by atoms with Gasteiger partial charge in [-0.25, -0.2) is 0 Å². The zero-order valence-electron chi connectivity index (χ0n) is 12.6. The molecule has 108 valence electrons. The van der Waals surface area contributed by atoms with Gasteiger partial charge in [0, 0.05) is 12.6 Å². The van der Waals surface area contributed by atoms with Crippen molar-refractivity contribution in [2.24, 2.45) is 5.92 Å². The molecule has 0 aliphatic carbocycles. The fourth-order valence-electron chi connectivity index (χ4n) is 2.97. The minimum absolute atomic E-state index is 0.541. The van der Waals surface area contributed by atoms with Crippen LogP contribution in [-0.4, -0.2) is 30.6 Å². The highest BCUT2D eigenvalue weighted by atomic mass is 15.1. The van der Waals surface area contributed by atoms with Crippen LogP contribution in [-0.2, 0) is 6.54 Å². The first-order chi connectivity index (χ1) is 9.72. The molecule has 1 fully saturated rings. The molecular weight excluding hydrogens is 246 g/mol. The van der Waals surface area contributed by atoms with Gasteiger partial charge in [-0.05, 0) is 63.0 Å². The predicted molar refractivity (Wildman–Crippen MR) is 82.3 cm³/mol. The molecule has 0 spiro atoms. The Morgan fingerprint density at radius 3 is 2.80 bits per heavy atom. The Kier molecular flexibility index (Phi) is 5.58. The monoisotopic (exact) mass is 271 g/mol. The van der Waals surface area contributed by atoms with Gasteiger partial charge in [-0.3, -0.25) is 0 Å². The fourth-order valence-corrected chi connectivity index (χ4v) is 2.97. The van der Waals surface area contributed by atoms with E-state index in [2.05, 4.69) is 36.2 Å². The van der Waals surface area contributed by atoms with Crippen LogP contribution in [0, 0.1) is 17.2 Å². The summed E-state index contributed by atoms with van der Waals surface area (Å²) < 4.78 is 0. The van der Waals surface area contributed by atoms with E-state index in [0.717, 1.165) is 18.0 Å². The maximum Gasteiger partial charge on any atom is 0.0991 e. The summed E-state index contributed by atoms with van der Waals surface area (Å²) in [7, 11) is 0. The van der Waals surface area contributed by atoms with Crippen LogP contribution in [0.3, 0.4) is 0 Å². The summed E-state index contributed by atoms with van der Waals surface area (Å²) in [5, 5.41) is 12.5. The van der Waals surface area contributed by atoms with Gasteiger partial charge < -0.3 is 10.2 Å². The predicted octanol–water partition coefficient (Wildman–Crippen LogP) is 2.77. The van der Waals surface area contributed by atoms with E-state index in [4.69, 9.17) is 5.26 Å². The molecule has 1 aliphatic heterocycles. The number of nitrogens with zero attached hydrogens (tertiary/aromatic N) is 2. The maximum absolute atomic E-state index is 8.92. The first-order valence-corrected chi connectivity index (χ1v) is 7.67. The Hall–Kier alpha value is -1.37. The lowest BCUT2D eigenvalue weighted by atomic mass is 9.90. The molecule has 3 nitrogen and oxygen atoms in total. The molecule has 0 bridgehead atoms. The van der Waals surface area contributed by atoms with Crippen LogP contribution in [0.1, 0.15) is 37.8 Å². The normalized spacial score (nSPS) is 18.6. The quantitative estimate of drug-likeness (QED) is 0.895. The topological polar surface area (TPSA) is 39.1 Å². The zero-order chi connectivity index (χ0) is 14.4. The van der Waals surface area contributed by atoms with E-state index in [1.54, 1.807) is 0 Å². The van der Waals surface area contributed by atoms with Gasteiger partial charge in [0.05, 0.1) is 11.6 Å². The van der Waals surface area contributed by atoms with Crippen LogP contribution in [0.25, 0.3) is 0 Å². The van der Waals surface area contributed by atoms with E-state index in [9.17, 15) is 0 Å². The van der Waals surface area contributed by atoms with Crippen molar-refractivity contribution in [3.05, 3.63) is 35.4 Å². The first-order valence-electron chi connectivity index (χ1n) is 7.67. The van der Waals surface area contributed by atoms with Crippen LogP contribution >= 0.6 is 0 Å². The number of hydrogen-bond acceptors (Lipinski definition) is 3. The van der Waals surface area contributed by atoms with Crippen molar-refractivity contribution in [2.75, 3.05) is 19.6 Å². The molecule has 1 N–H and O–H groups in total. The van der Waals surface area contributed by atoms with Crippen LogP contribution in [0.4, 0.5) is 0 Å². The molecular formula is C17H25N3. The van der Waals surface area contributed by atoms with Gasteiger partial charge in [-0.1, -0.05) is 19.1 Å². The molecule has 1 atom stereocenters. The Labute approximate surface area is 122 Å². The van der Waals surface area contributed by atoms with Gasteiger partial charge in [-0.15, -0.1) is 0 Å². The van der Waals surface area contributed by atoms with Gasteiger partial charge in [0.1, 0.15) is 0 Å². The lowest BCUT2D eigenvalue weighted by molar-refractivity contribution is 0.168. The molecule has 2 rings (SSSR count). The molecule has 3 heteroatoms.